The number of nitrogens with zero attached hydrogens (tertiary/aromatic N) is 9. The largest absolute Gasteiger partial charge is 0.496 e. The molecular weight excluding hydrogens is 601 g/mol. The highest BCUT2D eigenvalue weighted by atomic mass is 35.5. The Balaban J connectivity index is 1.43. The number of alkyl halides is 5. The van der Waals surface area contributed by atoms with Crippen LogP contribution < -0.4 is 9.47 Å². The molecule has 4 heterocycles. The van der Waals surface area contributed by atoms with Gasteiger partial charge in [0.15, 0.2) is 11.5 Å². The van der Waals surface area contributed by atoms with Crippen molar-refractivity contribution in [3.05, 3.63) is 71.8 Å². The predicted molar refractivity (Wildman–Crippen MR) is 139 cm³/mol. The molecule has 43 heavy (non-hydrogen) atoms. The lowest BCUT2D eigenvalue weighted by molar-refractivity contribution is -0.910. The second-order valence-corrected chi connectivity index (χ2v) is 10.4. The van der Waals surface area contributed by atoms with Gasteiger partial charge in [-0.2, -0.15) is 36.8 Å². The Bertz CT molecular complexity index is 1780. The average Bonchev–Trinajstić information content (AvgIpc) is 3.37. The predicted octanol–water partition coefficient (Wildman–Crippen LogP) is 5.38. The summed E-state index contributed by atoms with van der Waals surface area (Å²) in [7, 11) is 1.41. The molecule has 0 bridgehead atoms. The van der Waals surface area contributed by atoms with E-state index in [0.717, 1.165) is 34.8 Å². The Morgan fingerprint density at radius 2 is 1.93 bits per heavy atom. The van der Waals surface area contributed by atoms with Crippen molar-refractivity contribution in [2.24, 2.45) is 5.92 Å². The van der Waals surface area contributed by atoms with E-state index >= 15 is 0 Å². The highest BCUT2D eigenvalue weighted by Gasteiger charge is 2.36. The van der Waals surface area contributed by atoms with E-state index in [9.17, 15) is 27.2 Å². The van der Waals surface area contributed by atoms with E-state index in [-0.39, 0.29) is 22.3 Å². The lowest BCUT2D eigenvalue weighted by atomic mass is 10.0. The summed E-state index contributed by atoms with van der Waals surface area (Å²) in [6, 6.07) is 5.50. The molecule has 0 aliphatic heterocycles. The van der Waals surface area contributed by atoms with Crippen LogP contribution in [-0.4, -0.2) is 51.9 Å². The summed E-state index contributed by atoms with van der Waals surface area (Å²) in [6.45, 7) is -2.89. The Hall–Kier alpha value is -4.60. The van der Waals surface area contributed by atoms with Gasteiger partial charge in [-0.05, 0) is 30.5 Å². The van der Waals surface area contributed by atoms with Crippen LogP contribution in [0, 0.1) is 5.92 Å². The third-order valence-electron chi connectivity index (χ3n) is 7.09. The number of pyridine rings is 1. The first-order valence-corrected chi connectivity index (χ1v) is 13.3. The van der Waals surface area contributed by atoms with Crippen LogP contribution in [0.2, 0.25) is 5.02 Å². The molecule has 0 amide bonds. The molecule has 224 valence electrons. The second kappa shape index (κ2) is 10.9. The molecule has 0 saturated heterocycles. The van der Waals surface area contributed by atoms with E-state index in [0.29, 0.717) is 39.4 Å². The topological polar surface area (TPSA) is 113 Å². The molecule has 1 aliphatic carbocycles. The van der Waals surface area contributed by atoms with Gasteiger partial charge in [-0.15, -0.1) is 5.10 Å². The van der Waals surface area contributed by atoms with Crippen molar-refractivity contribution < 1.29 is 36.6 Å². The maximum absolute atomic E-state index is 13.4. The second-order valence-electron chi connectivity index (χ2n) is 9.94. The first-order chi connectivity index (χ1) is 20.5. The number of methoxy groups -OCH3 is 1. The molecule has 0 unspecified atom stereocenters. The summed E-state index contributed by atoms with van der Waals surface area (Å²) in [5.74, 6) is 0.555. The van der Waals surface area contributed by atoms with Crippen LogP contribution in [0.5, 0.6) is 5.75 Å². The number of hydrogen-bond acceptors (Lipinski definition) is 7. The zero-order chi connectivity index (χ0) is 30.5. The van der Waals surface area contributed by atoms with E-state index < -0.39 is 24.5 Å². The smallest absolute Gasteiger partial charge is 0.436 e. The molecule has 5 aromatic rings. The summed E-state index contributed by atoms with van der Waals surface area (Å²) < 4.78 is 76.0. The third kappa shape index (κ3) is 5.61. The van der Waals surface area contributed by atoms with Crippen LogP contribution in [-0.2, 0) is 6.18 Å². The first-order valence-electron chi connectivity index (χ1n) is 12.9. The minimum Gasteiger partial charge on any atom is -0.496 e. The fourth-order valence-electron chi connectivity index (χ4n) is 4.85. The van der Waals surface area contributed by atoms with E-state index in [1.165, 1.54) is 37.7 Å². The fraction of sp³-hybridized carbons (Fsp3) is 0.308. The van der Waals surface area contributed by atoms with E-state index in [2.05, 4.69) is 25.5 Å². The lowest BCUT2D eigenvalue weighted by Gasteiger charge is -2.17. The maximum Gasteiger partial charge on any atom is 0.436 e. The van der Waals surface area contributed by atoms with Crippen LogP contribution in [0.1, 0.15) is 43.2 Å². The summed E-state index contributed by atoms with van der Waals surface area (Å²) in [5, 5.41) is 26.4. The number of aromatic nitrogens is 9. The molecule has 1 atom stereocenters. The molecule has 1 aliphatic rings. The van der Waals surface area contributed by atoms with Gasteiger partial charge in [-0.3, -0.25) is 9.89 Å². The molecule has 1 fully saturated rings. The van der Waals surface area contributed by atoms with Crippen LogP contribution in [0.15, 0.2) is 55.4 Å². The average molecular weight is 623 g/mol. The van der Waals surface area contributed by atoms with Crippen molar-refractivity contribution in [3.63, 3.8) is 0 Å². The Morgan fingerprint density at radius 3 is 2.60 bits per heavy atom. The number of ether oxygens (including phenoxy) is 1. The molecule has 0 spiro atoms. The van der Waals surface area contributed by atoms with Crippen molar-refractivity contribution in [2.75, 3.05) is 7.11 Å². The highest BCUT2D eigenvalue weighted by Crippen LogP contribution is 2.41. The molecule has 1 aromatic carbocycles. The summed E-state index contributed by atoms with van der Waals surface area (Å²) in [6.07, 6.45) is 3.90. The number of hydrogen-bond donors (Lipinski definition) is 1. The standard InChI is InChI=1S/C26H22ClF5N9O2/c1-43-22-8-21(20(6-14-2-3-14)38-10-15(9-34-38)24-33-13-35-41(24)25(28)29)40(42)11-18(22)17-7-16(27)4-5-19(17)39-12-23(36-37-39)26(30,31)32/h4-5,7-14,20,25,42H,2-3,6H2,1H3/q+1/t20-/m0/s1. The molecule has 17 heteroatoms. The molecule has 1 saturated carbocycles. The minimum atomic E-state index is -4.70. The van der Waals surface area contributed by atoms with Gasteiger partial charge in [0.05, 0.1) is 42.4 Å². The SMILES string of the molecule is COc1cc([C@H](CC2CC2)n2cc(-c3ncnn3C(F)F)cn2)[n+](O)cc1-c1cc(Cl)ccc1-n1cc(C(F)(F)F)nn1. The Kier molecular flexibility index (Phi) is 7.23. The van der Waals surface area contributed by atoms with Gasteiger partial charge in [0.2, 0.25) is 6.20 Å². The maximum atomic E-state index is 13.4. The third-order valence-corrected chi connectivity index (χ3v) is 7.33. The van der Waals surface area contributed by atoms with Crippen LogP contribution in [0.3, 0.4) is 0 Å². The summed E-state index contributed by atoms with van der Waals surface area (Å²) in [4.78, 5) is 3.93. The molecule has 6 rings (SSSR count). The molecular formula is C26H22ClF5N9O2+. The summed E-state index contributed by atoms with van der Waals surface area (Å²) in [5.41, 5.74) is 0.298. The normalized spacial score (nSPS) is 14.4. The van der Waals surface area contributed by atoms with Gasteiger partial charge in [-0.1, -0.05) is 29.7 Å². The highest BCUT2D eigenvalue weighted by molar-refractivity contribution is 6.31. The molecule has 0 radical (unpaired) electrons. The fourth-order valence-corrected chi connectivity index (χ4v) is 5.02. The zero-order valence-corrected chi connectivity index (χ0v) is 23.0. The van der Waals surface area contributed by atoms with Crippen molar-refractivity contribution in [2.45, 2.75) is 38.0 Å². The van der Waals surface area contributed by atoms with E-state index in [4.69, 9.17) is 16.3 Å². The van der Waals surface area contributed by atoms with Gasteiger partial charge in [-0.25, -0.2) is 9.67 Å². The van der Waals surface area contributed by atoms with Crippen molar-refractivity contribution >= 4 is 11.6 Å². The minimum absolute atomic E-state index is 0.0634. The first kappa shape index (κ1) is 28.5. The van der Waals surface area contributed by atoms with Crippen molar-refractivity contribution in [3.8, 4) is 34.0 Å². The van der Waals surface area contributed by atoms with Gasteiger partial charge >= 0.3 is 12.7 Å². The van der Waals surface area contributed by atoms with E-state index in [1.807, 2.05) is 0 Å². The van der Waals surface area contributed by atoms with Crippen molar-refractivity contribution in [1.29, 1.82) is 0 Å². The lowest BCUT2D eigenvalue weighted by Crippen LogP contribution is -2.38. The van der Waals surface area contributed by atoms with Crippen molar-refractivity contribution in [1.82, 2.24) is 39.5 Å². The number of benzene rings is 1. The van der Waals surface area contributed by atoms with Gasteiger partial charge in [0.1, 0.15) is 18.1 Å². The van der Waals surface area contributed by atoms with Gasteiger partial charge in [0, 0.05) is 21.5 Å². The molecule has 11 nitrogen and oxygen atoms in total. The molecule has 1 N–H and O–H groups in total. The summed E-state index contributed by atoms with van der Waals surface area (Å²) >= 11 is 6.26. The number of rotatable bonds is 9. The number of halogens is 6. The zero-order valence-electron chi connectivity index (χ0n) is 22.2. The van der Waals surface area contributed by atoms with Crippen LogP contribution in [0.25, 0.3) is 28.2 Å². The van der Waals surface area contributed by atoms with Crippen LogP contribution >= 0.6 is 11.6 Å². The van der Waals surface area contributed by atoms with Gasteiger partial charge in [0.25, 0.3) is 5.69 Å². The van der Waals surface area contributed by atoms with Crippen LogP contribution in [0.4, 0.5) is 22.0 Å². The quantitative estimate of drug-likeness (QED) is 0.133. The van der Waals surface area contributed by atoms with Gasteiger partial charge < -0.3 is 4.74 Å². The Labute approximate surface area is 244 Å². The Morgan fingerprint density at radius 1 is 1.14 bits per heavy atom. The van der Waals surface area contributed by atoms with E-state index in [1.54, 1.807) is 16.9 Å². The molecule has 4 aromatic heterocycles. The monoisotopic (exact) mass is 622 g/mol.